The maximum absolute atomic E-state index is 13.6. The van der Waals surface area contributed by atoms with Crippen LogP contribution >= 0.6 is 0 Å². The standard InChI is InChI=1S/C46H54N10O5/c1-48-45(59)40(9-6-24-57)52(2)46(60)39-27-35(13-10-33(39)29-58)54-20-22-55(23-21-54)36-25-31(26-36)28-53-18-16-34(17-19-53)56-44-41(43(47)49-30-50-44)42(51-56)32-11-14-38(15-12-32)61-37-7-4-3-5-8-37/h3-5,7-8,10-15,24,27,29-31,34,36,40H,6,9,16-23,25-26,28H2,1-2H3,(H,48,59)(H2,47,49,50). The van der Waals surface area contributed by atoms with E-state index in [0.29, 0.717) is 24.1 Å². The number of hydrogen-bond donors (Lipinski definition) is 2. The molecule has 15 nitrogen and oxygen atoms in total. The number of nitrogens with zero attached hydrogens (tertiary/aromatic N) is 8. The van der Waals surface area contributed by atoms with Gasteiger partial charge in [0.2, 0.25) is 5.91 Å². The zero-order valence-electron chi connectivity index (χ0n) is 34.9. The number of carbonyl (C=O) groups excluding carboxylic acids is 4. The molecule has 1 aliphatic carbocycles. The largest absolute Gasteiger partial charge is 0.457 e. The van der Waals surface area contributed by atoms with Gasteiger partial charge in [0.1, 0.15) is 41.7 Å². The monoisotopic (exact) mass is 826 g/mol. The van der Waals surface area contributed by atoms with Gasteiger partial charge in [-0.05, 0) is 92.6 Å². The Balaban J connectivity index is 0.824. The van der Waals surface area contributed by atoms with Gasteiger partial charge in [-0.3, -0.25) is 19.3 Å². The van der Waals surface area contributed by atoms with E-state index in [-0.39, 0.29) is 35.9 Å². The molecule has 4 heterocycles. The summed E-state index contributed by atoms with van der Waals surface area (Å²) in [4.78, 5) is 67.0. The molecule has 3 fully saturated rings. The average molecular weight is 827 g/mol. The molecule has 3 aliphatic rings. The molecule has 61 heavy (non-hydrogen) atoms. The Bertz CT molecular complexity index is 2330. The first-order valence-electron chi connectivity index (χ1n) is 21.3. The molecule has 1 atom stereocenters. The summed E-state index contributed by atoms with van der Waals surface area (Å²) in [5.41, 5.74) is 10.3. The molecule has 8 rings (SSSR count). The second kappa shape index (κ2) is 18.6. The third-order valence-electron chi connectivity index (χ3n) is 12.7. The van der Waals surface area contributed by atoms with Crippen LogP contribution in [0.3, 0.4) is 0 Å². The smallest absolute Gasteiger partial charge is 0.255 e. The number of piperazine rings is 1. The molecule has 5 aromatic rings. The van der Waals surface area contributed by atoms with Gasteiger partial charge < -0.3 is 35.3 Å². The normalized spacial score (nSPS) is 19.2. The number of anilines is 2. The molecule has 2 saturated heterocycles. The van der Waals surface area contributed by atoms with Crippen molar-refractivity contribution in [3.05, 3.63) is 90.3 Å². The van der Waals surface area contributed by atoms with E-state index in [0.717, 1.165) is 104 Å². The van der Waals surface area contributed by atoms with Crippen molar-refractivity contribution in [3.63, 3.8) is 0 Å². The van der Waals surface area contributed by atoms with Gasteiger partial charge in [0.05, 0.1) is 17.0 Å². The highest BCUT2D eigenvalue weighted by Crippen LogP contribution is 2.37. The number of aromatic nitrogens is 4. The minimum absolute atomic E-state index is 0.143. The van der Waals surface area contributed by atoms with Crippen LogP contribution in [-0.2, 0) is 9.59 Å². The van der Waals surface area contributed by atoms with Gasteiger partial charge in [0.15, 0.2) is 11.9 Å². The maximum atomic E-state index is 13.6. The quantitative estimate of drug-likeness (QED) is 0.134. The number of hydrogen-bond acceptors (Lipinski definition) is 12. The van der Waals surface area contributed by atoms with Crippen LogP contribution in [0, 0.1) is 5.92 Å². The number of piperidine rings is 1. The number of carbonyl (C=O) groups is 4. The van der Waals surface area contributed by atoms with E-state index >= 15 is 0 Å². The molecule has 15 heteroatoms. The number of nitrogen functional groups attached to an aromatic ring is 1. The molecule has 0 radical (unpaired) electrons. The molecule has 0 bridgehead atoms. The number of para-hydroxylation sites is 1. The van der Waals surface area contributed by atoms with E-state index in [4.69, 9.17) is 15.6 Å². The second-order valence-corrected chi connectivity index (χ2v) is 16.4. The lowest BCUT2D eigenvalue weighted by molar-refractivity contribution is -0.125. The van der Waals surface area contributed by atoms with Gasteiger partial charge in [-0.25, -0.2) is 14.6 Å². The van der Waals surface area contributed by atoms with Gasteiger partial charge >= 0.3 is 0 Å². The SMILES string of the molecule is CNC(=O)C(CCC=O)N(C)C(=O)c1cc(N2CCN(C3CC(CN4CCC(n5nc(-c6ccc(Oc7ccccc7)cc6)c6c(N)ncnc65)CC4)C3)CC2)ccc1C=O. The summed E-state index contributed by atoms with van der Waals surface area (Å²) < 4.78 is 8.08. The summed E-state index contributed by atoms with van der Waals surface area (Å²) in [6.45, 7) is 6.57. The van der Waals surface area contributed by atoms with Crippen LogP contribution in [0.2, 0.25) is 0 Å². The summed E-state index contributed by atoms with van der Waals surface area (Å²) in [5.74, 6) is 1.84. The van der Waals surface area contributed by atoms with Crippen molar-refractivity contribution < 1.29 is 23.9 Å². The molecule has 3 aromatic carbocycles. The number of likely N-dealkylation sites (tertiary alicyclic amines) is 1. The summed E-state index contributed by atoms with van der Waals surface area (Å²) >= 11 is 0. The predicted octanol–water partition coefficient (Wildman–Crippen LogP) is 5.08. The van der Waals surface area contributed by atoms with Crippen molar-refractivity contribution >= 4 is 46.9 Å². The number of fused-ring (bicyclic) bond motifs is 1. The number of nitrogens with two attached hydrogens (primary N) is 1. The first kappa shape index (κ1) is 41.5. The van der Waals surface area contributed by atoms with Crippen LogP contribution < -0.4 is 20.7 Å². The second-order valence-electron chi connectivity index (χ2n) is 16.4. The Hall–Kier alpha value is -6.19. The Morgan fingerprint density at radius 1 is 0.918 bits per heavy atom. The van der Waals surface area contributed by atoms with E-state index in [1.807, 2.05) is 60.7 Å². The molecular formula is C46H54N10O5. The van der Waals surface area contributed by atoms with Crippen LogP contribution in [0.15, 0.2) is 79.1 Å². The molecule has 1 saturated carbocycles. The number of ether oxygens (including phenoxy) is 1. The van der Waals surface area contributed by atoms with Crippen molar-refractivity contribution in [2.24, 2.45) is 5.92 Å². The lowest BCUT2D eigenvalue weighted by Gasteiger charge is -2.48. The zero-order valence-corrected chi connectivity index (χ0v) is 34.9. The molecule has 0 spiro atoms. The van der Waals surface area contributed by atoms with Gasteiger partial charge in [-0.2, -0.15) is 5.10 Å². The van der Waals surface area contributed by atoms with E-state index in [1.165, 1.54) is 38.2 Å². The number of rotatable bonds is 15. The van der Waals surface area contributed by atoms with Crippen molar-refractivity contribution in [2.75, 3.05) is 70.5 Å². The van der Waals surface area contributed by atoms with Crippen molar-refractivity contribution in [1.29, 1.82) is 0 Å². The highest BCUT2D eigenvalue weighted by Gasteiger charge is 2.37. The number of likely N-dealkylation sites (N-methyl/N-ethyl adjacent to an activating group) is 2. The molecule has 2 amide bonds. The first-order valence-corrected chi connectivity index (χ1v) is 21.3. The fourth-order valence-electron chi connectivity index (χ4n) is 9.22. The van der Waals surface area contributed by atoms with Gasteiger partial charge in [0.25, 0.3) is 5.91 Å². The molecule has 318 valence electrons. The van der Waals surface area contributed by atoms with Crippen LogP contribution in [-0.4, -0.2) is 131 Å². The molecule has 2 aromatic heterocycles. The number of nitrogens with one attached hydrogen (secondary N) is 1. The lowest BCUT2D eigenvalue weighted by Crippen LogP contribution is -2.55. The molecule has 1 unspecified atom stereocenters. The van der Waals surface area contributed by atoms with E-state index in [2.05, 4.69) is 34.7 Å². The Labute approximate surface area is 355 Å². The van der Waals surface area contributed by atoms with Crippen molar-refractivity contribution in [1.82, 2.24) is 39.8 Å². The highest BCUT2D eigenvalue weighted by atomic mass is 16.5. The topological polar surface area (TPSA) is 172 Å². The average Bonchev–Trinajstić information content (AvgIpc) is 3.68. The highest BCUT2D eigenvalue weighted by molar-refractivity contribution is 6.04. The minimum Gasteiger partial charge on any atom is -0.457 e. The summed E-state index contributed by atoms with van der Waals surface area (Å²) in [6, 6.07) is 22.9. The van der Waals surface area contributed by atoms with Gasteiger partial charge in [-0.15, -0.1) is 0 Å². The summed E-state index contributed by atoms with van der Waals surface area (Å²) in [7, 11) is 3.04. The number of benzene rings is 3. The van der Waals surface area contributed by atoms with Crippen LogP contribution in [0.25, 0.3) is 22.3 Å². The fourth-order valence-corrected chi connectivity index (χ4v) is 9.22. The zero-order chi connectivity index (χ0) is 42.5. The third-order valence-corrected chi connectivity index (χ3v) is 12.7. The fraction of sp³-hybridized carbons (Fsp3) is 0.413. The minimum atomic E-state index is -0.822. The van der Waals surface area contributed by atoms with Crippen molar-refractivity contribution in [2.45, 2.75) is 56.7 Å². The lowest BCUT2D eigenvalue weighted by atomic mass is 9.78. The summed E-state index contributed by atoms with van der Waals surface area (Å²) in [5, 5.41) is 8.48. The van der Waals surface area contributed by atoms with Crippen molar-refractivity contribution in [3.8, 4) is 22.8 Å². The van der Waals surface area contributed by atoms with Gasteiger partial charge in [-0.1, -0.05) is 18.2 Å². The molecular weight excluding hydrogens is 773 g/mol. The van der Waals surface area contributed by atoms with Crippen LogP contribution in [0.5, 0.6) is 11.5 Å². The maximum Gasteiger partial charge on any atom is 0.255 e. The number of amides is 2. The predicted molar refractivity (Wildman–Crippen MR) is 234 cm³/mol. The summed E-state index contributed by atoms with van der Waals surface area (Å²) in [6.07, 6.45) is 7.61. The Morgan fingerprint density at radius 2 is 1.64 bits per heavy atom. The Morgan fingerprint density at radius 3 is 2.33 bits per heavy atom. The van der Waals surface area contributed by atoms with E-state index < -0.39 is 11.9 Å². The first-order chi connectivity index (χ1) is 29.7. The third kappa shape index (κ3) is 8.98. The molecule has 3 N–H and O–H groups in total. The van der Waals surface area contributed by atoms with Crippen LogP contribution in [0.1, 0.15) is 65.3 Å². The van der Waals surface area contributed by atoms with E-state index in [9.17, 15) is 19.2 Å². The van der Waals surface area contributed by atoms with Crippen LogP contribution in [0.4, 0.5) is 11.5 Å². The van der Waals surface area contributed by atoms with Gasteiger partial charge in [0, 0.05) is 89.2 Å². The number of aldehydes is 2. The van der Waals surface area contributed by atoms with E-state index in [1.54, 1.807) is 12.1 Å². The Kier molecular flexibility index (Phi) is 12.7. The molecule has 2 aliphatic heterocycles.